The van der Waals surface area contributed by atoms with Crippen LogP contribution in [0.5, 0.6) is 0 Å². The van der Waals surface area contributed by atoms with Gasteiger partial charge in [0.15, 0.2) is 5.60 Å². The molecule has 11 heteroatoms. The lowest BCUT2D eigenvalue weighted by Gasteiger charge is -2.41. The average Bonchev–Trinajstić information content (AvgIpc) is 3.11. The Morgan fingerprint density at radius 1 is 1.20 bits per heavy atom. The van der Waals surface area contributed by atoms with Crippen molar-refractivity contribution in [2.24, 2.45) is 5.92 Å². The maximum atomic E-state index is 13.4. The molecule has 2 amide bonds. The van der Waals surface area contributed by atoms with Gasteiger partial charge in [-0.05, 0) is 24.3 Å². The Morgan fingerprint density at radius 2 is 1.87 bits per heavy atom. The Bertz CT molecular complexity index is 933. The molecule has 3 aliphatic rings. The molecule has 3 heterocycles. The maximum Gasteiger partial charge on any atom is 0.254 e. The fourth-order valence-electron chi connectivity index (χ4n) is 4.36. The van der Waals surface area contributed by atoms with Gasteiger partial charge in [-0.15, -0.1) is 0 Å². The van der Waals surface area contributed by atoms with E-state index in [1.54, 1.807) is 17.0 Å². The number of ether oxygens (including phenoxy) is 1. The first-order valence-electron chi connectivity index (χ1n) is 9.87. The lowest BCUT2D eigenvalue weighted by atomic mass is 9.87. The predicted octanol–water partition coefficient (Wildman–Crippen LogP) is -0.749. The van der Waals surface area contributed by atoms with Crippen molar-refractivity contribution < 1.29 is 27.1 Å². The Labute approximate surface area is 174 Å². The van der Waals surface area contributed by atoms with Crippen molar-refractivity contribution in [2.75, 3.05) is 63.6 Å². The van der Waals surface area contributed by atoms with Crippen molar-refractivity contribution in [1.29, 1.82) is 0 Å². The molecule has 2 atom stereocenters. The van der Waals surface area contributed by atoms with E-state index in [4.69, 9.17) is 4.74 Å². The number of piperazine rings is 1. The molecule has 4 rings (SSSR count). The minimum atomic E-state index is -3.58. The summed E-state index contributed by atoms with van der Waals surface area (Å²) in [5.41, 5.74) is -0.619. The maximum absolute atomic E-state index is 13.4. The third-order valence-electron chi connectivity index (χ3n) is 6.04. The summed E-state index contributed by atoms with van der Waals surface area (Å²) in [6, 6.07) is 6.19. The number of carbonyl (C=O) groups is 2. The molecule has 0 aromatic heterocycles. The van der Waals surface area contributed by atoms with Gasteiger partial charge in [-0.1, -0.05) is 0 Å². The van der Waals surface area contributed by atoms with E-state index in [9.17, 15) is 22.4 Å². The Hall–Kier alpha value is -2.24. The first kappa shape index (κ1) is 21.0. The van der Waals surface area contributed by atoms with Gasteiger partial charge in [0.1, 0.15) is 5.82 Å². The van der Waals surface area contributed by atoms with E-state index in [0.717, 1.165) is 16.2 Å². The molecular weight excluding hydrogens is 415 g/mol. The highest BCUT2D eigenvalue weighted by molar-refractivity contribution is 7.88. The third kappa shape index (κ3) is 3.77. The molecule has 0 saturated carbocycles. The van der Waals surface area contributed by atoms with Crippen molar-refractivity contribution in [3.63, 3.8) is 0 Å². The highest BCUT2D eigenvalue weighted by atomic mass is 32.2. The molecule has 0 bridgehead atoms. The van der Waals surface area contributed by atoms with Crippen LogP contribution in [0.25, 0.3) is 0 Å². The van der Waals surface area contributed by atoms with Crippen molar-refractivity contribution >= 4 is 27.5 Å². The van der Waals surface area contributed by atoms with Crippen LogP contribution < -0.4 is 10.2 Å². The van der Waals surface area contributed by atoms with Crippen molar-refractivity contribution in [1.82, 2.24) is 14.5 Å². The molecule has 1 N–H and O–H groups in total. The van der Waals surface area contributed by atoms with Crippen LogP contribution >= 0.6 is 0 Å². The summed E-state index contributed by atoms with van der Waals surface area (Å²) in [7, 11) is -3.58. The summed E-state index contributed by atoms with van der Waals surface area (Å²) < 4.78 is 44.3. The number of carbonyl (C=O) groups excluding carboxylic acids is 2. The van der Waals surface area contributed by atoms with Gasteiger partial charge in [0.05, 0.1) is 25.3 Å². The number of anilines is 1. The minimum absolute atomic E-state index is 0.0801. The molecule has 0 aliphatic carbocycles. The summed E-state index contributed by atoms with van der Waals surface area (Å²) in [6.45, 7) is 2.27. The molecular formula is C19H25FN4O5S. The Balaban J connectivity index is 1.50. The lowest BCUT2D eigenvalue weighted by molar-refractivity contribution is -0.166. The molecule has 1 aromatic carbocycles. The third-order valence-corrected chi connectivity index (χ3v) is 7.26. The van der Waals surface area contributed by atoms with Crippen molar-refractivity contribution in [3.8, 4) is 0 Å². The Morgan fingerprint density at radius 3 is 2.47 bits per heavy atom. The summed E-state index contributed by atoms with van der Waals surface area (Å²) >= 11 is 0. The summed E-state index contributed by atoms with van der Waals surface area (Å²) in [5, 5.41) is 2.71. The quantitative estimate of drug-likeness (QED) is 0.664. The molecule has 9 nitrogen and oxygen atoms in total. The topological polar surface area (TPSA) is 99.3 Å². The van der Waals surface area contributed by atoms with Gasteiger partial charge in [0, 0.05) is 45.0 Å². The van der Waals surface area contributed by atoms with E-state index in [1.807, 2.05) is 0 Å². The number of nitrogens with zero attached hydrogens (tertiary/aromatic N) is 3. The van der Waals surface area contributed by atoms with Gasteiger partial charge in [-0.3, -0.25) is 9.59 Å². The van der Waals surface area contributed by atoms with Crippen LogP contribution in [0.2, 0.25) is 0 Å². The zero-order valence-electron chi connectivity index (χ0n) is 16.7. The largest absolute Gasteiger partial charge is 0.368 e. The van der Waals surface area contributed by atoms with E-state index >= 15 is 0 Å². The van der Waals surface area contributed by atoms with Crippen molar-refractivity contribution in [2.45, 2.75) is 5.60 Å². The van der Waals surface area contributed by atoms with Crippen LogP contribution in [0.1, 0.15) is 0 Å². The second kappa shape index (κ2) is 7.78. The number of amides is 2. The van der Waals surface area contributed by atoms with E-state index in [2.05, 4.69) is 10.2 Å². The SMILES string of the molecule is CS(=O)(=O)N1C[C@H](C(=O)N2CCN(c3ccc(F)cc3)CC2)[C@@]2(C1)OCCNC2=O. The van der Waals surface area contributed by atoms with E-state index in [1.165, 1.54) is 12.1 Å². The van der Waals surface area contributed by atoms with Gasteiger partial charge < -0.3 is 19.9 Å². The summed E-state index contributed by atoms with van der Waals surface area (Å²) in [4.78, 5) is 29.8. The van der Waals surface area contributed by atoms with E-state index in [-0.39, 0.29) is 31.4 Å². The van der Waals surface area contributed by atoms with Gasteiger partial charge >= 0.3 is 0 Å². The van der Waals surface area contributed by atoms with Gasteiger partial charge in [-0.2, -0.15) is 4.31 Å². The van der Waals surface area contributed by atoms with Crippen LogP contribution in [0, 0.1) is 11.7 Å². The number of hydrogen-bond donors (Lipinski definition) is 1. The molecule has 0 radical (unpaired) electrons. The highest BCUT2D eigenvalue weighted by Crippen LogP contribution is 2.36. The van der Waals surface area contributed by atoms with E-state index in [0.29, 0.717) is 32.7 Å². The molecule has 3 aliphatic heterocycles. The normalized spacial score (nSPS) is 28.1. The molecule has 164 valence electrons. The van der Waals surface area contributed by atoms with Crippen LogP contribution in [0.3, 0.4) is 0 Å². The smallest absolute Gasteiger partial charge is 0.254 e. The van der Waals surface area contributed by atoms with Gasteiger partial charge in [-0.25, -0.2) is 12.8 Å². The number of halogens is 1. The molecule has 30 heavy (non-hydrogen) atoms. The van der Waals surface area contributed by atoms with Gasteiger partial charge in [0.2, 0.25) is 15.9 Å². The second-order valence-corrected chi connectivity index (χ2v) is 9.87. The molecule has 3 saturated heterocycles. The molecule has 1 spiro atoms. The fraction of sp³-hybridized carbons (Fsp3) is 0.579. The first-order chi connectivity index (χ1) is 14.2. The summed E-state index contributed by atoms with van der Waals surface area (Å²) in [6.07, 6.45) is 1.07. The number of nitrogens with one attached hydrogen (secondary N) is 1. The number of hydrogen-bond acceptors (Lipinski definition) is 6. The minimum Gasteiger partial charge on any atom is -0.368 e. The number of sulfonamides is 1. The second-order valence-electron chi connectivity index (χ2n) is 7.89. The summed E-state index contributed by atoms with van der Waals surface area (Å²) in [5.74, 6) is -1.93. The zero-order valence-corrected chi connectivity index (χ0v) is 17.5. The van der Waals surface area contributed by atoms with Crippen LogP contribution in [-0.4, -0.2) is 93.7 Å². The molecule has 3 fully saturated rings. The van der Waals surface area contributed by atoms with Crippen LogP contribution in [-0.2, 0) is 24.3 Å². The average molecular weight is 440 g/mol. The molecule has 0 unspecified atom stereocenters. The molecule has 1 aromatic rings. The van der Waals surface area contributed by atoms with Crippen LogP contribution in [0.4, 0.5) is 10.1 Å². The number of benzene rings is 1. The monoisotopic (exact) mass is 440 g/mol. The van der Waals surface area contributed by atoms with Crippen LogP contribution in [0.15, 0.2) is 24.3 Å². The number of morpholine rings is 1. The van der Waals surface area contributed by atoms with Gasteiger partial charge in [0.25, 0.3) is 5.91 Å². The first-order valence-corrected chi connectivity index (χ1v) is 11.7. The highest BCUT2D eigenvalue weighted by Gasteiger charge is 2.60. The predicted molar refractivity (Wildman–Crippen MR) is 107 cm³/mol. The fourth-order valence-corrected chi connectivity index (χ4v) is 5.21. The Kier molecular flexibility index (Phi) is 5.45. The van der Waals surface area contributed by atoms with Crippen molar-refractivity contribution in [3.05, 3.63) is 30.1 Å². The lowest BCUT2D eigenvalue weighted by Crippen LogP contribution is -2.63. The standard InChI is InChI=1S/C19H25FN4O5S/c1-30(27,28)24-12-16(19(13-24)18(26)21-6-11-29-19)17(25)23-9-7-22(8-10-23)15-4-2-14(20)3-5-15/h2-5,16H,6-13H2,1H3,(H,21,26)/t16-,19-/m1/s1. The zero-order chi connectivity index (χ0) is 21.5. The van der Waals surface area contributed by atoms with E-state index < -0.39 is 27.4 Å². The number of rotatable bonds is 3.